The maximum absolute atomic E-state index is 11.2. The van der Waals surface area contributed by atoms with Gasteiger partial charge < -0.3 is 10.1 Å². The van der Waals surface area contributed by atoms with Gasteiger partial charge in [0.2, 0.25) is 5.91 Å². The topological polar surface area (TPSA) is 62.1 Å². The summed E-state index contributed by atoms with van der Waals surface area (Å²) in [4.78, 5) is 11.2. The summed E-state index contributed by atoms with van der Waals surface area (Å²) in [6.45, 7) is 3.83. The van der Waals surface area contributed by atoms with Crippen molar-refractivity contribution in [2.45, 2.75) is 39.3 Å². The van der Waals surface area contributed by atoms with Crippen LogP contribution in [0.4, 0.5) is 0 Å². The molecule has 2 atom stereocenters. The minimum Gasteiger partial charge on any atom is -0.360 e. The average Bonchev–Trinajstić information content (AvgIpc) is 2.18. The number of hydrogen-bond acceptors (Lipinski definition) is 3. The zero-order chi connectivity index (χ0) is 11.0. The lowest BCUT2D eigenvalue weighted by Crippen LogP contribution is -2.40. The van der Waals surface area contributed by atoms with E-state index in [1.165, 1.54) is 7.11 Å². The molecule has 0 aliphatic rings. The third kappa shape index (κ3) is 4.24. The highest BCUT2D eigenvalue weighted by Crippen LogP contribution is 2.08. The summed E-state index contributed by atoms with van der Waals surface area (Å²) in [5.41, 5.74) is 0. The molecule has 0 aromatic rings. The molecule has 4 nitrogen and oxygen atoms in total. The highest BCUT2D eigenvalue weighted by atomic mass is 16.5. The van der Waals surface area contributed by atoms with Gasteiger partial charge in [0.05, 0.1) is 12.0 Å². The van der Waals surface area contributed by atoms with Crippen LogP contribution in [0.3, 0.4) is 0 Å². The minimum atomic E-state index is -0.482. The van der Waals surface area contributed by atoms with E-state index in [-0.39, 0.29) is 11.8 Å². The Morgan fingerprint density at radius 1 is 1.57 bits per heavy atom. The quantitative estimate of drug-likeness (QED) is 0.657. The van der Waals surface area contributed by atoms with E-state index in [0.29, 0.717) is 12.8 Å². The van der Waals surface area contributed by atoms with Gasteiger partial charge in [-0.3, -0.25) is 4.79 Å². The first-order valence-corrected chi connectivity index (χ1v) is 4.91. The summed E-state index contributed by atoms with van der Waals surface area (Å²) < 4.78 is 5.06. The van der Waals surface area contributed by atoms with Gasteiger partial charge in [0.25, 0.3) is 0 Å². The first-order chi connectivity index (χ1) is 6.69. The van der Waals surface area contributed by atoms with Crippen molar-refractivity contribution >= 4 is 5.91 Å². The van der Waals surface area contributed by atoms with Crippen LogP contribution in [0.1, 0.15) is 33.1 Å². The summed E-state index contributed by atoms with van der Waals surface area (Å²) in [7, 11) is 1.50. The predicted molar refractivity (Wildman–Crippen MR) is 53.2 cm³/mol. The summed E-state index contributed by atoms with van der Waals surface area (Å²) in [5, 5.41) is 11.5. The molecule has 0 heterocycles. The first kappa shape index (κ1) is 12.9. The summed E-state index contributed by atoms with van der Waals surface area (Å²) in [5.74, 6) is -0.339. The van der Waals surface area contributed by atoms with E-state index in [1.807, 2.05) is 13.8 Å². The van der Waals surface area contributed by atoms with Gasteiger partial charge in [0.1, 0.15) is 6.23 Å². The Labute approximate surface area is 85.2 Å². The number of carbonyl (C=O) groups excluding carboxylic acids is 1. The second-order valence-electron chi connectivity index (χ2n) is 3.12. The van der Waals surface area contributed by atoms with Crippen LogP contribution in [-0.2, 0) is 9.53 Å². The van der Waals surface area contributed by atoms with Gasteiger partial charge in [0.15, 0.2) is 0 Å². The normalized spacial score (nSPS) is 14.1. The van der Waals surface area contributed by atoms with Crippen LogP contribution in [0.25, 0.3) is 0 Å². The van der Waals surface area contributed by atoms with E-state index in [9.17, 15) is 4.79 Å². The molecule has 0 unspecified atom stereocenters. The first-order valence-electron chi connectivity index (χ1n) is 4.91. The van der Waals surface area contributed by atoms with Gasteiger partial charge >= 0.3 is 0 Å². The van der Waals surface area contributed by atoms with Crippen molar-refractivity contribution in [3.05, 3.63) is 0 Å². The fourth-order valence-electron chi connectivity index (χ4n) is 1.15. The SMILES string of the molecule is CCCC(=O)N[C@@H](OC)[C@H](C#N)CC. The molecule has 1 N–H and O–H groups in total. The standard InChI is InChI=1S/C10H18N2O2/c1-4-6-9(13)12-10(14-3)8(5-2)7-11/h8,10H,4-6H2,1-3H3,(H,12,13)/t8-,10-/m0/s1. The van der Waals surface area contributed by atoms with Crippen molar-refractivity contribution in [3.8, 4) is 6.07 Å². The smallest absolute Gasteiger partial charge is 0.222 e. The van der Waals surface area contributed by atoms with Crippen LogP contribution >= 0.6 is 0 Å². The molecule has 14 heavy (non-hydrogen) atoms. The Hall–Kier alpha value is -1.08. The number of methoxy groups -OCH3 is 1. The Morgan fingerprint density at radius 3 is 2.57 bits per heavy atom. The highest BCUT2D eigenvalue weighted by molar-refractivity contribution is 5.76. The minimum absolute atomic E-state index is 0.0620. The molecule has 0 saturated heterocycles. The number of rotatable bonds is 6. The van der Waals surface area contributed by atoms with Crippen LogP contribution in [0.2, 0.25) is 0 Å². The molecule has 1 amide bonds. The van der Waals surface area contributed by atoms with Gasteiger partial charge in [-0.2, -0.15) is 5.26 Å². The van der Waals surface area contributed by atoms with Crippen LogP contribution in [0.5, 0.6) is 0 Å². The molecule has 0 fully saturated rings. The van der Waals surface area contributed by atoms with E-state index in [1.54, 1.807) is 0 Å². The second kappa shape index (κ2) is 7.34. The molecule has 0 radical (unpaired) electrons. The number of hydrogen-bond donors (Lipinski definition) is 1. The van der Waals surface area contributed by atoms with Crippen LogP contribution in [-0.4, -0.2) is 19.2 Å². The predicted octanol–water partition coefficient (Wildman–Crippen LogP) is 1.42. The molecule has 0 aliphatic carbocycles. The van der Waals surface area contributed by atoms with Crippen molar-refractivity contribution < 1.29 is 9.53 Å². The molecule has 0 aliphatic heterocycles. The molecule has 0 aromatic heterocycles. The average molecular weight is 198 g/mol. The Balaban J connectivity index is 4.14. The maximum atomic E-state index is 11.2. The van der Waals surface area contributed by atoms with E-state index in [0.717, 1.165) is 6.42 Å². The Bertz CT molecular complexity index is 211. The molecular formula is C10H18N2O2. The number of ether oxygens (including phenoxy) is 1. The Kier molecular flexibility index (Phi) is 6.77. The van der Waals surface area contributed by atoms with Crippen molar-refractivity contribution in [1.82, 2.24) is 5.32 Å². The summed E-state index contributed by atoms with van der Waals surface area (Å²) in [6, 6.07) is 2.11. The number of amides is 1. The van der Waals surface area contributed by atoms with E-state index in [4.69, 9.17) is 10.00 Å². The van der Waals surface area contributed by atoms with Gasteiger partial charge in [-0.15, -0.1) is 0 Å². The zero-order valence-electron chi connectivity index (χ0n) is 9.04. The van der Waals surface area contributed by atoms with Crippen LogP contribution in [0.15, 0.2) is 0 Å². The van der Waals surface area contributed by atoms with Crippen LogP contribution < -0.4 is 5.32 Å². The largest absolute Gasteiger partial charge is 0.360 e. The molecule has 0 saturated carbocycles. The molecule has 4 heteroatoms. The number of carbonyl (C=O) groups is 1. The fourth-order valence-corrected chi connectivity index (χ4v) is 1.15. The monoisotopic (exact) mass is 198 g/mol. The van der Waals surface area contributed by atoms with Gasteiger partial charge in [-0.1, -0.05) is 13.8 Å². The second-order valence-corrected chi connectivity index (χ2v) is 3.12. The van der Waals surface area contributed by atoms with Crippen molar-refractivity contribution in [2.75, 3.05) is 7.11 Å². The number of nitrogens with zero attached hydrogens (tertiary/aromatic N) is 1. The lowest BCUT2D eigenvalue weighted by Gasteiger charge is -2.20. The van der Waals surface area contributed by atoms with Gasteiger partial charge in [0, 0.05) is 13.5 Å². The zero-order valence-corrected chi connectivity index (χ0v) is 9.04. The van der Waals surface area contributed by atoms with Gasteiger partial charge in [-0.05, 0) is 12.8 Å². The fraction of sp³-hybridized carbons (Fsp3) is 0.800. The number of nitriles is 1. The lowest BCUT2D eigenvalue weighted by atomic mass is 10.1. The maximum Gasteiger partial charge on any atom is 0.222 e. The third-order valence-corrected chi connectivity index (χ3v) is 2.01. The van der Waals surface area contributed by atoms with Crippen molar-refractivity contribution in [3.63, 3.8) is 0 Å². The van der Waals surface area contributed by atoms with Crippen molar-refractivity contribution in [2.24, 2.45) is 5.92 Å². The highest BCUT2D eigenvalue weighted by Gasteiger charge is 2.20. The van der Waals surface area contributed by atoms with E-state index >= 15 is 0 Å². The van der Waals surface area contributed by atoms with Gasteiger partial charge in [-0.25, -0.2) is 0 Å². The molecule has 0 bridgehead atoms. The Morgan fingerprint density at radius 2 is 2.21 bits per heavy atom. The van der Waals surface area contributed by atoms with E-state index in [2.05, 4.69) is 11.4 Å². The van der Waals surface area contributed by atoms with Crippen molar-refractivity contribution in [1.29, 1.82) is 5.26 Å². The molecule has 0 spiro atoms. The van der Waals surface area contributed by atoms with Crippen LogP contribution in [0, 0.1) is 17.2 Å². The molecule has 0 aromatic carbocycles. The summed E-state index contributed by atoms with van der Waals surface area (Å²) in [6.07, 6.45) is 1.46. The van der Waals surface area contributed by atoms with E-state index < -0.39 is 6.23 Å². The molecule has 0 rings (SSSR count). The molecular weight excluding hydrogens is 180 g/mol. The lowest BCUT2D eigenvalue weighted by molar-refractivity contribution is -0.125. The third-order valence-electron chi connectivity index (χ3n) is 2.01. The summed E-state index contributed by atoms with van der Waals surface area (Å²) >= 11 is 0. The number of nitrogens with one attached hydrogen (secondary N) is 1. The molecule has 80 valence electrons.